The average molecular weight is 534 g/mol. The maximum atomic E-state index is 14.1. The Balaban J connectivity index is 1.78. The molecule has 0 aliphatic heterocycles. The molecule has 2 N–H and O–H groups in total. The summed E-state index contributed by atoms with van der Waals surface area (Å²) in [5.41, 5.74) is 1.81. The van der Waals surface area contributed by atoms with Crippen molar-refractivity contribution in [3.8, 4) is 5.75 Å². The number of rotatable bonds is 10. The van der Waals surface area contributed by atoms with Crippen molar-refractivity contribution in [1.29, 1.82) is 0 Å². The van der Waals surface area contributed by atoms with Crippen molar-refractivity contribution >= 4 is 40.4 Å². The molecule has 1 aromatic heterocycles. The minimum atomic E-state index is -0.932. The van der Waals surface area contributed by atoms with Crippen molar-refractivity contribution in [3.05, 3.63) is 76.5 Å². The van der Waals surface area contributed by atoms with Crippen LogP contribution in [-0.4, -0.2) is 30.4 Å². The Kier molecular flexibility index (Phi) is 9.54. The molecule has 0 saturated heterocycles. The van der Waals surface area contributed by atoms with E-state index in [0.29, 0.717) is 29.3 Å². The highest BCUT2D eigenvalue weighted by Crippen LogP contribution is 2.35. The molecule has 1 aliphatic rings. The van der Waals surface area contributed by atoms with Gasteiger partial charge in [-0.1, -0.05) is 43.5 Å². The molecule has 3 amide bonds. The molecule has 1 atom stereocenters. The second kappa shape index (κ2) is 13.2. The number of anilines is 2. The molecule has 1 heterocycles. The topological polar surface area (TPSA) is 87.7 Å². The van der Waals surface area contributed by atoms with E-state index in [-0.39, 0.29) is 30.2 Å². The van der Waals surface area contributed by atoms with E-state index in [4.69, 9.17) is 4.74 Å². The maximum absolute atomic E-state index is 14.1. The third-order valence-corrected chi connectivity index (χ3v) is 7.49. The normalized spacial score (nSPS) is 14.4. The number of ether oxygens (including phenoxy) is 1. The summed E-state index contributed by atoms with van der Waals surface area (Å²) in [5.74, 6) is -0.0364. The summed E-state index contributed by atoms with van der Waals surface area (Å²) < 4.78 is 5.93. The Bertz CT molecular complexity index is 1220. The number of hydrogen-bond acceptors (Lipinski definition) is 5. The second-order valence-corrected chi connectivity index (χ2v) is 10.5. The number of nitrogens with one attached hydrogen (secondary N) is 2. The number of amides is 3. The van der Waals surface area contributed by atoms with Gasteiger partial charge in [0.05, 0.1) is 13.0 Å². The third-order valence-electron chi connectivity index (χ3n) is 6.61. The summed E-state index contributed by atoms with van der Waals surface area (Å²) in [6.07, 6.45) is 5.36. The third kappa shape index (κ3) is 7.01. The van der Waals surface area contributed by atoms with E-state index in [1.165, 1.54) is 24.7 Å². The van der Waals surface area contributed by atoms with Crippen LogP contribution in [0.4, 0.5) is 11.4 Å². The molecule has 200 valence electrons. The minimum Gasteiger partial charge on any atom is -0.493 e. The van der Waals surface area contributed by atoms with Crippen molar-refractivity contribution in [1.82, 2.24) is 5.32 Å². The molecule has 1 fully saturated rings. The zero-order valence-corrected chi connectivity index (χ0v) is 22.8. The lowest BCUT2D eigenvalue weighted by Crippen LogP contribution is -2.47. The monoisotopic (exact) mass is 533 g/mol. The predicted molar refractivity (Wildman–Crippen MR) is 152 cm³/mol. The van der Waals surface area contributed by atoms with Crippen LogP contribution in [0.2, 0.25) is 0 Å². The molecule has 3 aromatic rings. The van der Waals surface area contributed by atoms with Gasteiger partial charge >= 0.3 is 0 Å². The summed E-state index contributed by atoms with van der Waals surface area (Å²) in [6, 6.07) is 17.4. The van der Waals surface area contributed by atoms with Gasteiger partial charge in [-0.2, -0.15) is 0 Å². The van der Waals surface area contributed by atoms with Gasteiger partial charge in [-0.05, 0) is 61.5 Å². The standard InChI is InChI=1S/C30H35N3O4S/c1-3-37-27-14-8-7-13-26(27)29(30(36)32-22-10-5-4-6-11-22)33(28(35)20-25-12-9-19-38-25)24-17-15-23(16-18-24)31-21(2)34/h7-9,12-19,22,29H,3-6,10-11,20H2,1-2H3,(H,31,34)(H,32,36). The van der Waals surface area contributed by atoms with Crippen LogP contribution in [-0.2, 0) is 20.8 Å². The van der Waals surface area contributed by atoms with Crippen molar-refractivity contribution in [2.24, 2.45) is 0 Å². The van der Waals surface area contributed by atoms with E-state index in [0.717, 1.165) is 30.6 Å². The molecule has 0 bridgehead atoms. The van der Waals surface area contributed by atoms with Gasteiger partial charge < -0.3 is 15.4 Å². The fraction of sp³-hybridized carbons (Fsp3) is 0.367. The number of para-hydroxylation sites is 1. The lowest BCUT2D eigenvalue weighted by molar-refractivity contribution is -0.127. The first-order valence-corrected chi connectivity index (χ1v) is 14.1. The number of carbonyl (C=O) groups excluding carboxylic acids is 3. The summed E-state index contributed by atoms with van der Waals surface area (Å²) in [5, 5.41) is 7.94. The predicted octanol–water partition coefficient (Wildman–Crippen LogP) is 5.87. The smallest absolute Gasteiger partial charge is 0.248 e. The van der Waals surface area contributed by atoms with Crippen LogP contribution in [0.15, 0.2) is 66.0 Å². The van der Waals surface area contributed by atoms with E-state index in [2.05, 4.69) is 10.6 Å². The molecule has 1 aliphatic carbocycles. The van der Waals surface area contributed by atoms with Crippen molar-refractivity contribution in [2.75, 3.05) is 16.8 Å². The van der Waals surface area contributed by atoms with Gasteiger partial charge in [-0.25, -0.2) is 0 Å². The van der Waals surface area contributed by atoms with E-state index in [9.17, 15) is 14.4 Å². The molecule has 0 radical (unpaired) electrons. The van der Waals surface area contributed by atoms with Gasteiger partial charge in [0.25, 0.3) is 0 Å². The maximum Gasteiger partial charge on any atom is 0.248 e. The van der Waals surface area contributed by atoms with Crippen molar-refractivity contribution in [2.45, 2.75) is 64.5 Å². The lowest BCUT2D eigenvalue weighted by Gasteiger charge is -2.34. The van der Waals surface area contributed by atoms with E-state index >= 15 is 0 Å². The van der Waals surface area contributed by atoms with E-state index in [1.54, 1.807) is 29.2 Å². The van der Waals surface area contributed by atoms with Gasteiger partial charge in [0.15, 0.2) is 0 Å². The quantitative estimate of drug-likeness (QED) is 0.341. The van der Waals surface area contributed by atoms with E-state index in [1.807, 2.05) is 48.7 Å². The first kappa shape index (κ1) is 27.4. The van der Waals surface area contributed by atoms with Crippen molar-refractivity contribution in [3.63, 3.8) is 0 Å². The lowest BCUT2D eigenvalue weighted by atomic mass is 9.94. The minimum absolute atomic E-state index is 0.0781. The van der Waals surface area contributed by atoms with Crippen LogP contribution >= 0.6 is 11.3 Å². The molecule has 1 saturated carbocycles. The Morgan fingerprint density at radius 1 is 1.00 bits per heavy atom. The highest BCUT2D eigenvalue weighted by Gasteiger charge is 2.36. The zero-order chi connectivity index (χ0) is 26.9. The molecular formula is C30H35N3O4S. The van der Waals surface area contributed by atoms with Crippen LogP contribution in [0.1, 0.15) is 62.4 Å². The molecule has 7 nitrogen and oxygen atoms in total. The molecule has 8 heteroatoms. The number of thiophene rings is 1. The average Bonchev–Trinajstić information content (AvgIpc) is 3.42. The van der Waals surface area contributed by atoms with Crippen molar-refractivity contribution < 1.29 is 19.1 Å². The summed E-state index contributed by atoms with van der Waals surface area (Å²) in [7, 11) is 0. The highest BCUT2D eigenvalue weighted by molar-refractivity contribution is 7.10. The Morgan fingerprint density at radius 3 is 2.39 bits per heavy atom. The summed E-state index contributed by atoms with van der Waals surface area (Å²) >= 11 is 1.51. The molecule has 2 aromatic carbocycles. The molecule has 38 heavy (non-hydrogen) atoms. The first-order chi connectivity index (χ1) is 18.5. The Hall–Kier alpha value is -3.65. The zero-order valence-electron chi connectivity index (χ0n) is 21.9. The van der Waals surface area contributed by atoms with E-state index < -0.39 is 6.04 Å². The van der Waals surface area contributed by atoms with Gasteiger partial charge in [0.2, 0.25) is 17.7 Å². The van der Waals surface area contributed by atoms with Gasteiger partial charge in [0, 0.05) is 34.8 Å². The van der Waals surface area contributed by atoms with Crippen LogP contribution in [0.25, 0.3) is 0 Å². The highest BCUT2D eigenvalue weighted by atomic mass is 32.1. The fourth-order valence-electron chi connectivity index (χ4n) is 4.91. The number of carbonyl (C=O) groups is 3. The molecule has 4 rings (SSSR count). The van der Waals surface area contributed by atoms with Crippen LogP contribution in [0.3, 0.4) is 0 Å². The molecular weight excluding hydrogens is 498 g/mol. The largest absolute Gasteiger partial charge is 0.493 e. The number of benzene rings is 2. The van der Waals surface area contributed by atoms with Gasteiger partial charge in [0.1, 0.15) is 11.8 Å². The molecule has 1 unspecified atom stereocenters. The van der Waals surface area contributed by atoms with Crippen LogP contribution in [0.5, 0.6) is 5.75 Å². The Labute approximate surface area is 228 Å². The van der Waals surface area contributed by atoms with Crippen LogP contribution < -0.4 is 20.3 Å². The second-order valence-electron chi connectivity index (χ2n) is 9.46. The van der Waals surface area contributed by atoms with Gasteiger partial charge in [-0.15, -0.1) is 11.3 Å². The summed E-state index contributed by atoms with van der Waals surface area (Å²) in [4.78, 5) is 42.1. The number of hydrogen-bond donors (Lipinski definition) is 2. The van der Waals surface area contributed by atoms with Crippen LogP contribution in [0, 0.1) is 0 Å². The first-order valence-electron chi connectivity index (χ1n) is 13.2. The Morgan fingerprint density at radius 2 is 1.74 bits per heavy atom. The fourth-order valence-corrected chi connectivity index (χ4v) is 5.61. The number of nitrogens with zero attached hydrogens (tertiary/aromatic N) is 1. The van der Waals surface area contributed by atoms with Gasteiger partial charge in [-0.3, -0.25) is 19.3 Å². The molecule has 0 spiro atoms. The summed E-state index contributed by atoms with van der Waals surface area (Å²) in [6.45, 7) is 3.78. The SMILES string of the molecule is CCOc1ccccc1C(C(=O)NC1CCCCC1)N(C(=O)Cc1cccs1)c1ccc(NC(C)=O)cc1.